The van der Waals surface area contributed by atoms with Crippen molar-refractivity contribution < 1.29 is 22.7 Å². The fourth-order valence-corrected chi connectivity index (χ4v) is 2.92. The van der Waals surface area contributed by atoms with Crippen molar-refractivity contribution in [1.29, 1.82) is 0 Å². The van der Waals surface area contributed by atoms with E-state index in [1.165, 1.54) is 0 Å². The molecule has 1 aliphatic heterocycles. The van der Waals surface area contributed by atoms with Crippen molar-refractivity contribution >= 4 is 0 Å². The van der Waals surface area contributed by atoms with Gasteiger partial charge in [0.05, 0.1) is 25.5 Å². The maximum atomic E-state index is 13.3. The van der Waals surface area contributed by atoms with Crippen LogP contribution in [0.4, 0.5) is 8.78 Å². The lowest BCUT2D eigenvalue weighted by Gasteiger charge is -2.31. The summed E-state index contributed by atoms with van der Waals surface area (Å²) in [5, 5.41) is 0. The number of rotatable bonds is 5. The Hall–Kier alpha value is -2.15. The minimum absolute atomic E-state index is 0.111. The predicted molar refractivity (Wildman–Crippen MR) is 89.2 cm³/mol. The molecule has 2 aromatic rings. The van der Waals surface area contributed by atoms with Crippen molar-refractivity contribution in [3.05, 3.63) is 29.7 Å². The molecule has 0 aliphatic carbocycles. The molecule has 1 fully saturated rings. The minimum Gasteiger partial charge on any atom is -0.497 e. The lowest BCUT2D eigenvalue weighted by Crippen LogP contribution is -2.39. The van der Waals surface area contributed by atoms with E-state index in [9.17, 15) is 8.78 Å². The molecule has 136 valence electrons. The van der Waals surface area contributed by atoms with Gasteiger partial charge in [-0.05, 0) is 25.1 Å². The number of halogens is 2. The maximum absolute atomic E-state index is 13.3. The number of piperidine rings is 1. The molecule has 0 saturated carbocycles. The average molecular weight is 352 g/mol. The van der Waals surface area contributed by atoms with Gasteiger partial charge in [0.15, 0.2) is 0 Å². The second kappa shape index (κ2) is 7.00. The second-order valence-corrected chi connectivity index (χ2v) is 6.22. The number of benzene rings is 1. The lowest BCUT2D eigenvalue weighted by molar-refractivity contribution is -0.0568. The molecule has 7 heteroatoms. The van der Waals surface area contributed by atoms with Gasteiger partial charge in [-0.2, -0.15) is 0 Å². The standard InChI is InChI=1S/C18H22F2N2O3/c1-12-15(11-22-8-6-18(19,20)7-9-22)21-17(25-12)14-10-13(23-2)4-5-16(14)24-3/h4-5,10H,6-9,11H2,1-3H3. The zero-order valence-electron chi connectivity index (χ0n) is 14.6. The molecule has 3 rings (SSSR count). The third-order valence-electron chi connectivity index (χ3n) is 4.49. The van der Waals surface area contributed by atoms with Gasteiger partial charge in [-0.3, -0.25) is 4.90 Å². The van der Waals surface area contributed by atoms with E-state index in [1.54, 1.807) is 32.4 Å². The van der Waals surface area contributed by atoms with Crippen LogP contribution in [0.2, 0.25) is 0 Å². The summed E-state index contributed by atoms with van der Waals surface area (Å²) >= 11 is 0. The van der Waals surface area contributed by atoms with E-state index in [-0.39, 0.29) is 12.8 Å². The Labute approximate surface area is 145 Å². The summed E-state index contributed by atoms with van der Waals surface area (Å²) in [5.41, 5.74) is 1.45. The van der Waals surface area contributed by atoms with Gasteiger partial charge in [-0.25, -0.2) is 13.8 Å². The number of nitrogens with zero attached hydrogens (tertiary/aromatic N) is 2. The van der Waals surface area contributed by atoms with Crippen LogP contribution >= 0.6 is 0 Å². The van der Waals surface area contributed by atoms with Crippen LogP contribution in [0.25, 0.3) is 11.5 Å². The van der Waals surface area contributed by atoms with Gasteiger partial charge in [0.1, 0.15) is 17.3 Å². The summed E-state index contributed by atoms with van der Waals surface area (Å²) in [6, 6.07) is 5.39. The van der Waals surface area contributed by atoms with Gasteiger partial charge < -0.3 is 13.9 Å². The Morgan fingerprint density at radius 3 is 2.56 bits per heavy atom. The van der Waals surface area contributed by atoms with Crippen molar-refractivity contribution in [3.8, 4) is 23.0 Å². The smallest absolute Gasteiger partial charge is 0.250 e. The largest absolute Gasteiger partial charge is 0.497 e. The molecule has 5 nitrogen and oxygen atoms in total. The fraction of sp³-hybridized carbons (Fsp3) is 0.500. The molecule has 1 aliphatic rings. The van der Waals surface area contributed by atoms with E-state index < -0.39 is 5.92 Å². The summed E-state index contributed by atoms with van der Waals surface area (Å²) in [6.45, 7) is 3.04. The first-order chi connectivity index (χ1) is 11.9. The lowest BCUT2D eigenvalue weighted by atomic mass is 10.1. The van der Waals surface area contributed by atoms with E-state index >= 15 is 0 Å². The average Bonchev–Trinajstić information content (AvgIpc) is 2.96. The second-order valence-electron chi connectivity index (χ2n) is 6.22. The number of ether oxygens (including phenoxy) is 2. The zero-order chi connectivity index (χ0) is 18.0. The van der Waals surface area contributed by atoms with Gasteiger partial charge in [-0.1, -0.05) is 0 Å². The number of aromatic nitrogens is 1. The first-order valence-corrected chi connectivity index (χ1v) is 8.21. The van der Waals surface area contributed by atoms with Gasteiger partial charge >= 0.3 is 0 Å². The molecular weight excluding hydrogens is 330 g/mol. The first-order valence-electron chi connectivity index (χ1n) is 8.21. The van der Waals surface area contributed by atoms with Gasteiger partial charge in [-0.15, -0.1) is 0 Å². The summed E-state index contributed by atoms with van der Waals surface area (Å²) in [4.78, 5) is 6.54. The summed E-state index contributed by atoms with van der Waals surface area (Å²) in [7, 11) is 3.17. The monoisotopic (exact) mass is 352 g/mol. The molecule has 0 unspecified atom stereocenters. The van der Waals surface area contributed by atoms with E-state index in [0.717, 1.165) is 5.69 Å². The molecule has 0 radical (unpaired) electrons. The SMILES string of the molecule is COc1ccc(OC)c(-c2nc(CN3CCC(F)(F)CC3)c(C)o2)c1. The number of oxazole rings is 1. The number of aryl methyl sites for hydroxylation is 1. The van der Waals surface area contributed by atoms with Crippen molar-refractivity contribution in [2.75, 3.05) is 27.3 Å². The summed E-state index contributed by atoms with van der Waals surface area (Å²) < 4.78 is 43.0. The van der Waals surface area contributed by atoms with Crippen LogP contribution in [0.3, 0.4) is 0 Å². The van der Waals surface area contributed by atoms with Gasteiger partial charge in [0, 0.05) is 32.5 Å². The molecule has 0 N–H and O–H groups in total. The van der Waals surface area contributed by atoms with Gasteiger partial charge in [0.2, 0.25) is 5.89 Å². The molecule has 2 heterocycles. The highest BCUT2D eigenvalue weighted by molar-refractivity contribution is 5.65. The predicted octanol–water partition coefficient (Wildman–Crippen LogP) is 3.90. The Morgan fingerprint density at radius 1 is 1.20 bits per heavy atom. The number of hydrogen-bond donors (Lipinski definition) is 0. The molecular formula is C18H22F2N2O3. The normalized spacial score (nSPS) is 17.5. The molecule has 1 aromatic carbocycles. The van der Waals surface area contributed by atoms with Crippen molar-refractivity contribution in [2.24, 2.45) is 0 Å². The third kappa shape index (κ3) is 3.92. The van der Waals surface area contributed by atoms with E-state index in [1.807, 2.05) is 11.8 Å². The van der Waals surface area contributed by atoms with Crippen LogP contribution in [-0.2, 0) is 6.54 Å². The van der Waals surface area contributed by atoms with Crippen LogP contribution in [0.1, 0.15) is 24.3 Å². The quantitative estimate of drug-likeness (QED) is 0.817. The van der Waals surface area contributed by atoms with E-state index in [0.29, 0.717) is 48.3 Å². The zero-order valence-corrected chi connectivity index (χ0v) is 14.6. The Balaban J connectivity index is 1.81. The molecule has 25 heavy (non-hydrogen) atoms. The molecule has 0 atom stereocenters. The number of likely N-dealkylation sites (tertiary alicyclic amines) is 1. The summed E-state index contributed by atoms with van der Waals surface area (Å²) in [5.74, 6) is -0.130. The number of alkyl halides is 2. The number of hydrogen-bond acceptors (Lipinski definition) is 5. The van der Waals surface area contributed by atoms with Crippen molar-refractivity contribution in [3.63, 3.8) is 0 Å². The highest BCUT2D eigenvalue weighted by atomic mass is 19.3. The van der Waals surface area contributed by atoms with E-state index in [4.69, 9.17) is 13.9 Å². The van der Waals surface area contributed by atoms with Crippen LogP contribution < -0.4 is 9.47 Å². The molecule has 0 amide bonds. The molecule has 1 aromatic heterocycles. The van der Waals surface area contributed by atoms with Crippen LogP contribution in [0, 0.1) is 6.92 Å². The van der Waals surface area contributed by atoms with Crippen LogP contribution in [0.15, 0.2) is 22.6 Å². The van der Waals surface area contributed by atoms with Crippen LogP contribution in [-0.4, -0.2) is 43.1 Å². The van der Waals surface area contributed by atoms with E-state index in [2.05, 4.69) is 4.98 Å². The highest BCUT2D eigenvalue weighted by Gasteiger charge is 2.34. The maximum Gasteiger partial charge on any atom is 0.250 e. The number of methoxy groups -OCH3 is 2. The fourth-order valence-electron chi connectivity index (χ4n) is 2.92. The Kier molecular flexibility index (Phi) is 4.94. The third-order valence-corrected chi connectivity index (χ3v) is 4.49. The molecule has 1 saturated heterocycles. The first kappa shape index (κ1) is 17.7. The minimum atomic E-state index is -2.55. The molecule has 0 spiro atoms. The van der Waals surface area contributed by atoms with Crippen molar-refractivity contribution in [2.45, 2.75) is 32.2 Å². The topological polar surface area (TPSA) is 47.7 Å². The summed E-state index contributed by atoms with van der Waals surface area (Å²) in [6.07, 6.45) is -0.221. The van der Waals surface area contributed by atoms with Crippen LogP contribution in [0.5, 0.6) is 11.5 Å². The molecule has 0 bridgehead atoms. The highest BCUT2D eigenvalue weighted by Crippen LogP contribution is 2.34. The Morgan fingerprint density at radius 2 is 1.92 bits per heavy atom. The van der Waals surface area contributed by atoms with Crippen molar-refractivity contribution in [1.82, 2.24) is 9.88 Å². The Bertz CT molecular complexity index is 736. The van der Waals surface area contributed by atoms with Gasteiger partial charge in [0.25, 0.3) is 5.92 Å².